The van der Waals surface area contributed by atoms with Crippen LogP contribution in [0.15, 0.2) is 53.7 Å². The molecule has 0 bridgehead atoms. The zero-order valence-corrected chi connectivity index (χ0v) is 13.1. The quantitative estimate of drug-likeness (QED) is 0.656. The van der Waals surface area contributed by atoms with Crippen LogP contribution in [0.25, 0.3) is 0 Å². The average Bonchev–Trinajstić information content (AvgIpc) is 3.08. The maximum atomic E-state index is 5.89. The minimum absolute atomic E-state index is 0.331. The minimum Gasteiger partial charge on any atom is -0.474 e. The van der Waals surface area contributed by atoms with E-state index in [0.717, 1.165) is 24.1 Å². The lowest BCUT2D eigenvalue weighted by Crippen LogP contribution is -2.22. The topological polar surface area (TPSA) is 72.5 Å². The molecule has 5 heteroatoms. The molecule has 1 aliphatic rings. The van der Waals surface area contributed by atoms with Crippen LogP contribution in [0.5, 0.6) is 5.88 Å². The molecular formula is C18H22N4O. The summed E-state index contributed by atoms with van der Waals surface area (Å²) >= 11 is 0. The lowest BCUT2D eigenvalue weighted by Gasteiger charge is -2.11. The number of hydrogen-bond acceptors (Lipinski definition) is 3. The van der Waals surface area contributed by atoms with Crippen molar-refractivity contribution in [1.82, 2.24) is 4.98 Å². The van der Waals surface area contributed by atoms with Crippen LogP contribution in [0.2, 0.25) is 0 Å². The van der Waals surface area contributed by atoms with Gasteiger partial charge in [-0.25, -0.2) is 9.98 Å². The molecule has 1 aliphatic carbocycles. The normalized spacial score (nSPS) is 15.6. The molecule has 1 saturated carbocycles. The second-order valence-corrected chi connectivity index (χ2v) is 5.72. The van der Waals surface area contributed by atoms with Gasteiger partial charge in [-0.15, -0.1) is 0 Å². The molecule has 3 N–H and O–H groups in total. The van der Waals surface area contributed by atoms with Crippen LogP contribution < -0.4 is 15.8 Å². The Morgan fingerprint density at radius 1 is 1.17 bits per heavy atom. The summed E-state index contributed by atoms with van der Waals surface area (Å²) in [4.78, 5) is 8.68. The number of nitrogens with one attached hydrogen (secondary N) is 1. The number of aromatic nitrogens is 1. The third kappa shape index (κ3) is 4.71. The fourth-order valence-electron chi connectivity index (χ4n) is 2.64. The predicted molar refractivity (Wildman–Crippen MR) is 92.5 cm³/mol. The Labute approximate surface area is 136 Å². The average molecular weight is 310 g/mol. The van der Waals surface area contributed by atoms with E-state index in [1.165, 1.54) is 12.8 Å². The van der Waals surface area contributed by atoms with Crippen LogP contribution in [0.1, 0.15) is 31.2 Å². The summed E-state index contributed by atoms with van der Waals surface area (Å²) < 4.78 is 5.85. The van der Waals surface area contributed by atoms with Gasteiger partial charge in [0.05, 0.1) is 6.54 Å². The lowest BCUT2D eigenvalue weighted by atomic mass is 10.3. The largest absolute Gasteiger partial charge is 0.474 e. The molecule has 23 heavy (non-hydrogen) atoms. The second-order valence-electron chi connectivity index (χ2n) is 5.72. The van der Waals surface area contributed by atoms with Crippen molar-refractivity contribution in [3.8, 4) is 5.88 Å². The van der Waals surface area contributed by atoms with Gasteiger partial charge < -0.3 is 15.8 Å². The van der Waals surface area contributed by atoms with Gasteiger partial charge in [-0.1, -0.05) is 24.3 Å². The van der Waals surface area contributed by atoms with Crippen LogP contribution in [-0.4, -0.2) is 17.0 Å². The van der Waals surface area contributed by atoms with E-state index in [-0.39, 0.29) is 0 Å². The lowest BCUT2D eigenvalue weighted by molar-refractivity contribution is 0.201. The molecule has 1 heterocycles. The first kappa shape index (κ1) is 15.3. The zero-order valence-electron chi connectivity index (χ0n) is 13.1. The van der Waals surface area contributed by atoms with Crippen molar-refractivity contribution in [3.05, 3.63) is 54.2 Å². The molecule has 0 saturated heterocycles. The van der Waals surface area contributed by atoms with Crippen LogP contribution in [0, 0.1) is 0 Å². The van der Waals surface area contributed by atoms with E-state index in [4.69, 9.17) is 10.5 Å². The summed E-state index contributed by atoms with van der Waals surface area (Å²) in [5, 5.41) is 3.05. The Balaban J connectivity index is 1.52. The molecule has 5 nitrogen and oxygen atoms in total. The van der Waals surface area contributed by atoms with Gasteiger partial charge in [-0.2, -0.15) is 0 Å². The molecule has 120 valence electrons. The first-order chi connectivity index (χ1) is 11.3. The first-order valence-electron chi connectivity index (χ1n) is 8.03. The number of aliphatic imine (C=N–C) groups is 1. The van der Waals surface area contributed by atoms with Crippen molar-refractivity contribution in [3.63, 3.8) is 0 Å². The summed E-state index contributed by atoms with van der Waals surface area (Å²) in [5.74, 6) is 1.09. The van der Waals surface area contributed by atoms with Gasteiger partial charge in [-0.05, 0) is 43.4 Å². The highest BCUT2D eigenvalue weighted by Crippen LogP contribution is 2.22. The molecule has 3 rings (SSSR count). The van der Waals surface area contributed by atoms with Crippen LogP contribution in [0.3, 0.4) is 0 Å². The number of rotatable bonds is 5. The Bertz CT molecular complexity index is 634. The number of hydrogen-bond donors (Lipinski definition) is 2. The standard InChI is InChI=1S/C18H22N4O/c19-18(22-15-6-2-1-3-7-15)21-13-14-10-11-17(20-12-14)23-16-8-4-5-9-16/h1-3,6-7,10-12,16H,4-5,8-9,13H2,(H3,19,21,22). The van der Waals surface area contributed by atoms with Gasteiger partial charge in [-0.3, -0.25) is 0 Å². The van der Waals surface area contributed by atoms with Crippen LogP contribution in [0.4, 0.5) is 5.69 Å². The number of pyridine rings is 1. The van der Waals surface area contributed by atoms with E-state index in [2.05, 4.69) is 15.3 Å². The van der Waals surface area contributed by atoms with Crippen molar-refractivity contribution >= 4 is 11.6 Å². The predicted octanol–water partition coefficient (Wildman–Crippen LogP) is 3.33. The highest BCUT2D eigenvalue weighted by Gasteiger charge is 2.16. The van der Waals surface area contributed by atoms with E-state index >= 15 is 0 Å². The van der Waals surface area contributed by atoms with E-state index < -0.39 is 0 Å². The smallest absolute Gasteiger partial charge is 0.213 e. The third-order valence-corrected chi connectivity index (χ3v) is 3.87. The summed E-state index contributed by atoms with van der Waals surface area (Å²) in [5.41, 5.74) is 7.81. The molecule has 1 aromatic heterocycles. The van der Waals surface area contributed by atoms with Crippen molar-refractivity contribution in [2.24, 2.45) is 10.7 Å². The fraction of sp³-hybridized carbons (Fsp3) is 0.333. The highest BCUT2D eigenvalue weighted by atomic mass is 16.5. The number of ether oxygens (including phenoxy) is 1. The summed E-state index contributed by atoms with van der Waals surface area (Å²) in [6.45, 7) is 0.488. The highest BCUT2D eigenvalue weighted by molar-refractivity contribution is 5.92. The number of nitrogens with two attached hydrogens (primary N) is 1. The van der Waals surface area contributed by atoms with Crippen LogP contribution >= 0.6 is 0 Å². The monoisotopic (exact) mass is 310 g/mol. The number of benzene rings is 1. The van der Waals surface area contributed by atoms with E-state index in [1.807, 2.05) is 42.5 Å². The minimum atomic E-state index is 0.331. The van der Waals surface area contributed by atoms with Gasteiger partial charge in [0.2, 0.25) is 5.88 Å². The Morgan fingerprint density at radius 3 is 2.65 bits per heavy atom. The molecule has 1 fully saturated rings. The summed E-state index contributed by atoms with van der Waals surface area (Å²) in [6, 6.07) is 13.6. The van der Waals surface area contributed by atoms with Crippen molar-refractivity contribution in [2.75, 3.05) is 5.32 Å². The van der Waals surface area contributed by atoms with Crippen molar-refractivity contribution in [2.45, 2.75) is 38.3 Å². The fourth-order valence-corrected chi connectivity index (χ4v) is 2.64. The molecule has 0 radical (unpaired) electrons. The van der Waals surface area contributed by atoms with E-state index in [9.17, 15) is 0 Å². The summed E-state index contributed by atoms with van der Waals surface area (Å²) in [7, 11) is 0. The van der Waals surface area contributed by atoms with Gasteiger partial charge in [0, 0.05) is 18.0 Å². The maximum Gasteiger partial charge on any atom is 0.213 e. The van der Waals surface area contributed by atoms with Gasteiger partial charge >= 0.3 is 0 Å². The molecule has 0 unspecified atom stereocenters. The molecule has 2 aromatic rings. The molecule has 0 amide bonds. The molecule has 0 aliphatic heterocycles. The van der Waals surface area contributed by atoms with Crippen LogP contribution in [-0.2, 0) is 6.54 Å². The van der Waals surface area contributed by atoms with Crippen molar-refractivity contribution in [1.29, 1.82) is 0 Å². The number of guanidine groups is 1. The Hall–Kier alpha value is -2.56. The number of anilines is 1. The Kier molecular flexibility index (Phi) is 5.09. The van der Waals surface area contributed by atoms with E-state index in [0.29, 0.717) is 24.5 Å². The van der Waals surface area contributed by atoms with Gasteiger partial charge in [0.25, 0.3) is 0 Å². The third-order valence-electron chi connectivity index (χ3n) is 3.87. The second kappa shape index (κ2) is 7.63. The van der Waals surface area contributed by atoms with Gasteiger partial charge in [0.15, 0.2) is 5.96 Å². The zero-order chi connectivity index (χ0) is 15.9. The first-order valence-corrected chi connectivity index (χ1v) is 8.03. The molecule has 0 spiro atoms. The Morgan fingerprint density at radius 2 is 1.96 bits per heavy atom. The summed E-state index contributed by atoms with van der Waals surface area (Å²) in [6.07, 6.45) is 6.90. The number of para-hydroxylation sites is 1. The number of nitrogens with zero attached hydrogens (tertiary/aromatic N) is 2. The molecular weight excluding hydrogens is 288 g/mol. The molecule has 0 atom stereocenters. The molecule has 1 aromatic carbocycles. The van der Waals surface area contributed by atoms with Crippen molar-refractivity contribution < 1.29 is 4.74 Å². The van der Waals surface area contributed by atoms with Gasteiger partial charge in [0.1, 0.15) is 6.10 Å². The SMILES string of the molecule is NC(=NCc1ccc(OC2CCCC2)nc1)Nc1ccccc1. The maximum absolute atomic E-state index is 5.89. The van der Waals surface area contributed by atoms with E-state index in [1.54, 1.807) is 6.20 Å².